The summed E-state index contributed by atoms with van der Waals surface area (Å²) in [5, 5.41) is 7.38. The number of aryl methyl sites for hydroxylation is 2. The fourth-order valence-electron chi connectivity index (χ4n) is 2.84. The van der Waals surface area contributed by atoms with Crippen LogP contribution in [0.3, 0.4) is 0 Å². The number of carbonyl (C=O) groups is 2. The molecule has 0 N–H and O–H groups in total. The van der Waals surface area contributed by atoms with E-state index in [0.29, 0.717) is 18.8 Å². The SMILES string of the molecule is Cc1cnc(C(=O)N2CCCN2C(=O)c2cc(C(C)(C)C)nn2C)cn1. The standard InChI is InChI=1S/C18H24N6O2/c1-12-10-20-13(11-19-12)16(25)23-7-6-8-24(23)17(26)14-9-15(18(2,3)4)21-22(14)5/h9-11H,6-8H2,1-5H3. The lowest BCUT2D eigenvalue weighted by atomic mass is 9.92. The van der Waals surface area contributed by atoms with Gasteiger partial charge in [-0.3, -0.25) is 19.3 Å². The first-order valence-electron chi connectivity index (χ1n) is 8.65. The second-order valence-corrected chi connectivity index (χ2v) is 7.54. The summed E-state index contributed by atoms with van der Waals surface area (Å²) < 4.78 is 1.58. The van der Waals surface area contributed by atoms with Crippen molar-refractivity contribution < 1.29 is 9.59 Å². The summed E-state index contributed by atoms with van der Waals surface area (Å²) in [5.74, 6) is -0.553. The van der Waals surface area contributed by atoms with Crippen LogP contribution in [0.15, 0.2) is 18.5 Å². The molecule has 1 aliphatic rings. The zero-order valence-corrected chi connectivity index (χ0v) is 15.9. The van der Waals surface area contributed by atoms with Gasteiger partial charge in [0.15, 0.2) is 0 Å². The van der Waals surface area contributed by atoms with E-state index in [1.54, 1.807) is 24.0 Å². The van der Waals surface area contributed by atoms with E-state index in [2.05, 4.69) is 15.1 Å². The van der Waals surface area contributed by atoms with E-state index in [1.807, 2.05) is 27.7 Å². The highest BCUT2D eigenvalue weighted by Gasteiger charge is 2.34. The Morgan fingerprint density at radius 1 is 1.04 bits per heavy atom. The van der Waals surface area contributed by atoms with Crippen LogP contribution in [0.5, 0.6) is 0 Å². The van der Waals surface area contributed by atoms with Crippen molar-refractivity contribution in [1.29, 1.82) is 0 Å². The molecule has 8 nitrogen and oxygen atoms in total. The maximum atomic E-state index is 13.0. The number of rotatable bonds is 2. The molecule has 0 saturated carbocycles. The number of hydrazine groups is 1. The molecule has 2 amide bonds. The number of carbonyl (C=O) groups excluding carboxylic acids is 2. The summed E-state index contributed by atoms with van der Waals surface area (Å²) in [6, 6.07) is 1.80. The zero-order chi connectivity index (χ0) is 19.1. The molecule has 1 fully saturated rings. The fourth-order valence-corrected chi connectivity index (χ4v) is 2.84. The topological polar surface area (TPSA) is 84.2 Å². The third-order valence-corrected chi connectivity index (χ3v) is 4.37. The quantitative estimate of drug-likeness (QED) is 0.818. The Bertz CT molecular complexity index is 834. The third kappa shape index (κ3) is 3.31. The van der Waals surface area contributed by atoms with E-state index < -0.39 is 0 Å². The molecule has 0 aliphatic carbocycles. The smallest absolute Gasteiger partial charge is 0.265 e. The number of nitrogens with zero attached hydrogens (tertiary/aromatic N) is 6. The van der Waals surface area contributed by atoms with Gasteiger partial charge >= 0.3 is 0 Å². The number of amides is 2. The van der Waals surface area contributed by atoms with Gasteiger partial charge in [0.1, 0.15) is 11.4 Å². The average Bonchev–Trinajstić information content (AvgIpc) is 3.20. The molecule has 0 unspecified atom stereocenters. The lowest BCUT2D eigenvalue weighted by Gasteiger charge is -2.27. The van der Waals surface area contributed by atoms with Crippen molar-refractivity contribution in [3.63, 3.8) is 0 Å². The minimum Gasteiger partial charge on any atom is -0.265 e. The summed E-state index contributed by atoms with van der Waals surface area (Å²) in [5.41, 5.74) is 2.11. The van der Waals surface area contributed by atoms with Crippen LogP contribution in [0.2, 0.25) is 0 Å². The number of hydrogen-bond acceptors (Lipinski definition) is 5. The van der Waals surface area contributed by atoms with Gasteiger partial charge in [0.25, 0.3) is 11.8 Å². The van der Waals surface area contributed by atoms with Gasteiger partial charge in [-0.1, -0.05) is 20.8 Å². The van der Waals surface area contributed by atoms with Crippen molar-refractivity contribution in [3.05, 3.63) is 41.2 Å². The van der Waals surface area contributed by atoms with Gasteiger partial charge in [0.05, 0.1) is 17.6 Å². The van der Waals surface area contributed by atoms with Gasteiger partial charge in [-0.15, -0.1) is 0 Å². The van der Waals surface area contributed by atoms with Crippen molar-refractivity contribution in [3.8, 4) is 0 Å². The molecule has 2 aromatic rings. The maximum Gasteiger partial charge on any atom is 0.292 e. The van der Waals surface area contributed by atoms with Crippen molar-refractivity contribution in [1.82, 2.24) is 29.8 Å². The first kappa shape index (κ1) is 18.0. The molecule has 3 rings (SSSR count). The van der Waals surface area contributed by atoms with E-state index in [-0.39, 0.29) is 22.9 Å². The van der Waals surface area contributed by atoms with Crippen LogP contribution in [-0.4, -0.2) is 54.7 Å². The van der Waals surface area contributed by atoms with Crippen molar-refractivity contribution in [2.24, 2.45) is 7.05 Å². The molecule has 0 radical (unpaired) electrons. The minimum absolute atomic E-state index is 0.158. The largest absolute Gasteiger partial charge is 0.292 e. The molecule has 0 bridgehead atoms. The molecule has 0 spiro atoms. The molecule has 3 heterocycles. The van der Waals surface area contributed by atoms with Gasteiger partial charge in [0, 0.05) is 31.7 Å². The van der Waals surface area contributed by atoms with E-state index >= 15 is 0 Å². The first-order chi connectivity index (χ1) is 12.2. The average molecular weight is 356 g/mol. The molecule has 0 aromatic carbocycles. The maximum absolute atomic E-state index is 13.0. The summed E-state index contributed by atoms with van der Waals surface area (Å²) in [4.78, 5) is 34.1. The van der Waals surface area contributed by atoms with E-state index in [0.717, 1.165) is 17.8 Å². The summed E-state index contributed by atoms with van der Waals surface area (Å²) in [6.07, 6.45) is 3.72. The molecule has 1 aliphatic heterocycles. The van der Waals surface area contributed by atoms with Crippen LogP contribution < -0.4 is 0 Å². The summed E-state index contributed by atoms with van der Waals surface area (Å²) in [6.45, 7) is 8.91. The van der Waals surface area contributed by atoms with Gasteiger partial charge in [-0.25, -0.2) is 15.0 Å². The van der Waals surface area contributed by atoms with Crippen molar-refractivity contribution >= 4 is 11.8 Å². The second kappa shape index (κ2) is 6.51. The van der Waals surface area contributed by atoms with Crippen LogP contribution >= 0.6 is 0 Å². The van der Waals surface area contributed by atoms with Gasteiger partial charge in [0.2, 0.25) is 0 Å². The molecular weight excluding hydrogens is 332 g/mol. The monoisotopic (exact) mass is 356 g/mol. The Kier molecular flexibility index (Phi) is 4.52. The lowest BCUT2D eigenvalue weighted by Crippen LogP contribution is -2.45. The second-order valence-electron chi connectivity index (χ2n) is 7.54. The Balaban J connectivity index is 1.86. The van der Waals surface area contributed by atoms with Crippen molar-refractivity contribution in [2.45, 2.75) is 39.5 Å². The molecular formula is C18H24N6O2. The van der Waals surface area contributed by atoms with Crippen LogP contribution in [0, 0.1) is 6.92 Å². The Labute approximate surface area is 152 Å². The molecule has 8 heteroatoms. The minimum atomic E-state index is -0.318. The fraction of sp³-hybridized carbons (Fsp3) is 0.500. The highest BCUT2D eigenvalue weighted by Crippen LogP contribution is 2.23. The summed E-state index contributed by atoms with van der Waals surface area (Å²) >= 11 is 0. The predicted octanol–water partition coefficient (Wildman–Crippen LogP) is 1.72. The van der Waals surface area contributed by atoms with E-state index in [4.69, 9.17) is 0 Å². The number of hydrogen-bond donors (Lipinski definition) is 0. The van der Waals surface area contributed by atoms with Crippen LogP contribution in [0.1, 0.15) is 59.6 Å². The molecule has 0 atom stereocenters. The predicted molar refractivity (Wildman–Crippen MR) is 95.4 cm³/mol. The van der Waals surface area contributed by atoms with Crippen LogP contribution in [-0.2, 0) is 12.5 Å². The Hall–Kier alpha value is -2.77. The van der Waals surface area contributed by atoms with E-state index in [9.17, 15) is 9.59 Å². The lowest BCUT2D eigenvalue weighted by molar-refractivity contribution is 0.0175. The Morgan fingerprint density at radius 3 is 2.23 bits per heavy atom. The molecule has 1 saturated heterocycles. The third-order valence-electron chi connectivity index (χ3n) is 4.37. The van der Waals surface area contributed by atoms with Crippen molar-refractivity contribution in [2.75, 3.05) is 13.1 Å². The Morgan fingerprint density at radius 2 is 1.69 bits per heavy atom. The van der Waals surface area contributed by atoms with Gasteiger partial charge < -0.3 is 0 Å². The highest BCUT2D eigenvalue weighted by molar-refractivity contribution is 5.97. The zero-order valence-electron chi connectivity index (χ0n) is 15.9. The molecule has 26 heavy (non-hydrogen) atoms. The van der Waals surface area contributed by atoms with Gasteiger partial charge in [-0.05, 0) is 19.4 Å². The normalized spacial score (nSPS) is 14.8. The molecule has 2 aromatic heterocycles. The number of aromatic nitrogens is 4. The highest BCUT2D eigenvalue weighted by atomic mass is 16.2. The van der Waals surface area contributed by atoms with Crippen LogP contribution in [0.25, 0.3) is 0 Å². The molecule has 138 valence electrons. The first-order valence-corrected chi connectivity index (χ1v) is 8.65. The van der Waals surface area contributed by atoms with Gasteiger partial charge in [-0.2, -0.15) is 5.10 Å². The van der Waals surface area contributed by atoms with E-state index in [1.165, 1.54) is 16.2 Å². The summed E-state index contributed by atoms with van der Waals surface area (Å²) in [7, 11) is 1.75. The van der Waals surface area contributed by atoms with Crippen LogP contribution in [0.4, 0.5) is 0 Å².